The molecule has 1 fully saturated rings. The molecular formula is C21H19ClN6OS. The summed E-state index contributed by atoms with van der Waals surface area (Å²) in [5.41, 5.74) is 1.83. The second-order valence-corrected chi connectivity index (χ2v) is 8.83. The molecule has 0 aliphatic carbocycles. The Bertz CT molecular complexity index is 1160. The molecule has 4 aromatic rings. The fourth-order valence-corrected chi connectivity index (χ4v) is 5.04. The Kier molecular flexibility index (Phi) is 5.18. The van der Waals surface area contributed by atoms with Crippen LogP contribution in [-0.2, 0) is 11.3 Å². The van der Waals surface area contributed by atoms with Gasteiger partial charge in [0.15, 0.2) is 0 Å². The van der Waals surface area contributed by atoms with Crippen LogP contribution in [0.3, 0.4) is 0 Å². The van der Waals surface area contributed by atoms with Crippen molar-refractivity contribution in [3.8, 4) is 11.4 Å². The normalized spacial score (nSPS) is 15.0. The third kappa shape index (κ3) is 3.93. The third-order valence-corrected chi connectivity index (χ3v) is 6.75. The van der Waals surface area contributed by atoms with Gasteiger partial charge >= 0.3 is 0 Å². The molecule has 0 atom stereocenters. The minimum Gasteiger partial charge on any atom is -0.341 e. The Balaban J connectivity index is 1.20. The summed E-state index contributed by atoms with van der Waals surface area (Å²) in [5.74, 6) is 0.873. The molecule has 2 aromatic heterocycles. The number of benzene rings is 2. The summed E-state index contributed by atoms with van der Waals surface area (Å²) in [4.78, 5) is 20.7. The number of hydrogen-bond acceptors (Lipinski definition) is 6. The first kappa shape index (κ1) is 19.1. The van der Waals surface area contributed by atoms with Gasteiger partial charge in [-0.2, -0.15) is 4.80 Å². The summed E-state index contributed by atoms with van der Waals surface area (Å²) in [6, 6.07) is 15.5. The standard InChI is InChI=1S/C21H19ClN6OS/c22-16-5-3-4-15(12-16)20-24-26-28(25-20)13-19(29)27-10-8-14(9-11-27)21-23-17-6-1-2-7-18(17)30-21/h1-7,12,14H,8-11,13H2. The fourth-order valence-electron chi connectivity index (χ4n) is 3.71. The van der Waals surface area contributed by atoms with E-state index >= 15 is 0 Å². The Hall–Kier alpha value is -2.84. The average molecular weight is 439 g/mol. The molecule has 1 amide bonds. The van der Waals surface area contributed by atoms with E-state index in [0.29, 0.717) is 16.8 Å². The number of likely N-dealkylation sites (tertiary alicyclic amines) is 1. The Labute approximate surface area is 182 Å². The second-order valence-electron chi connectivity index (χ2n) is 7.33. The van der Waals surface area contributed by atoms with Crippen molar-refractivity contribution in [3.63, 3.8) is 0 Å². The Morgan fingerprint density at radius 2 is 1.97 bits per heavy atom. The highest BCUT2D eigenvalue weighted by Gasteiger charge is 2.26. The minimum atomic E-state index is 0.00722. The first-order valence-electron chi connectivity index (χ1n) is 9.83. The lowest BCUT2D eigenvalue weighted by Crippen LogP contribution is -2.40. The highest BCUT2D eigenvalue weighted by atomic mass is 35.5. The van der Waals surface area contributed by atoms with Crippen molar-refractivity contribution in [3.05, 3.63) is 58.6 Å². The molecule has 9 heteroatoms. The van der Waals surface area contributed by atoms with E-state index < -0.39 is 0 Å². The maximum Gasteiger partial charge on any atom is 0.246 e. The number of fused-ring (bicyclic) bond motifs is 1. The van der Waals surface area contributed by atoms with Crippen LogP contribution in [0, 0.1) is 0 Å². The van der Waals surface area contributed by atoms with Crippen LogP contribution in [0.1, 0.15) is 23.8 Å². The van der Waals surface area contributed by atoms with E-state index in [4.69, 9.17) is 16.6 Å². The molecule has 0 unspecified atom stereocenters. The van der Waals surface area contributed by atoms with Crippen molar-refractivity contribution in [2.45, 2.75) is 25.3 Å². The molecule has 7 nitrogen and oxygen atoms in total. The summed E-state index contributed by atoms with van der Waals surface area (Å²) in [5, 5.41) is 14.2. The minimum absolute atomic E-state index is 0.00722. The van der Waals surface area contributed by atoms with Gasteiger partial charge in [-0.3, -0.25) is 4.79 Å². The summed E-state index contributed by atoms with van der Waals surface area (Å²) in [6.07, 6.45) is 1.84. The predicted molar refractivity (Wildman–Crippen MR) is 116 cm³/mol. The molecule has 0 bridgehead atoms. The first-order chi connectivity index (χ1) is 14.7. The lowest BCUT2D eigenvalue weighted by Gasteiger charge is -2.30. The van der Waals surface area contributed by atoms with Gasteiger partial charge in [0.25, 0.3) is 0 Å². The topological polar surface area (TPSA) is 76.8 Å². The largest absolute Gasteiger partial charge is 0.341 e. The van der Waals surface area contributed by atoms with Gasteiger partial charge in [-0.05, 0) is 42.3 Å². The van der Waals surface area contributed by atoms with Crippen molar-refractivity contribution in [1.82, 2.24) is 30.1 Å². The van der Waals surface area contributed by atoms with Gasteiger partial charge < -0.3 is 4.90 Å². The third-order valence-electron chi connectivity index (χ3n) is 5.32. The highest BCUT2D eigenvalue weighted by Crippen LogP contribution is 2.33. The van der Waals surface area contributed by atoms with Crippen molar-refractivity contribution in [2.24, 2.45) is 0 Å². The maximum absolute atomic E-state index is 12.7. The zero-order chi connectivity index (χ0) is 20.5. The predicted octanol–water partition coefficient (Wildman–Crippen LogP) is 4.01. The number of para-hydroxylation sites is 1. The summed E-state index contributed by atoms with van der Waals surface area (Å²) < 4.78 is 1.22. The number of rotatable bonds is 4. The van der Waals surface area contributed by atoms with Crippen LogP contribution < -0.4 is 0 Å². The van der Waals surface area contributed by atoms with E-state index in [1.54, 1.807) is 23.5 Å². The molecular weight excluding hydrogens is 420 g/mol. The van der Waals surface area contributed by atoms with Crippen molar-refractivity contribution in [1.29, 1.82) is 0 Å². The number of thiazole rings is 1. The van der Waals surface area contributed by atoms with E-state index in [2.05, 4.69) is 27.5 Å². The van der Waals surface area contributed by atoms with Gasteiger partial charge in [0.2, 0.25) is 11.7 Å². The molecule has 0 N–H and O–H groups in total. The molecule has 0 saturated carbocycles. The molecule has 0 spiro atoms. The molecule has 1 aliphatic rings. The van der Waals surface area contributed by atoms with Crippen LogP contribution in [0.25, 0.3) is 21.6 Å². The number of piperidine rings is 1. The van der Waals surface area contributed by atoms with Crippen LogP contribution in [0.2, 0.25) is 5.02 Å². The van der Waals surface area contributed by atoms with Crippen LogP contribution >= 0.6 is 22.9 Å². The molecule has 1 saturated heterocycles. The van der Waals surface area contributed by atoms with Crippen LogP contribution in [-0.4, -0.2) is 49.1 Å². The monoisotopic (exact) mass is 438 g/mol. The zero-order valence-electron chi connectivity index (χ0n) is 16.1. The number of hydrogen-bond donors (Lipinski definition) is 0. The summed E-state index contributed by atoms with van der Waals surface area (Å²) in [6.45, 7) is 1.52. The maximum atomic E-state index is 12.7. The number of halogens is 1. The van der Waals surface area contributed by atoms with E-state index in [1.807, 2.05) is 29.2 Å². The lowest BCUT2D eigenvalue weighted by atomic mass is 9.97. The van der Waals surface area contributed by atoms with E-state index in [0.717, 1.165) is 37.0 Å². The van der Waals surface area contributed by atoms with Crippen LogP contribution in [0.15, 0.2) is 48.5 Å². The highest BCUT2D eigenvalue weighted by molar-refractivity contribution is 7.18. The second kappa shape index (κ2) is 8.12. The number of carbonyl (C=O) groups excluding carboxylic acids is 1. The summed E-state index contributed by atoms with van der Waals surface area (Å²) in [7, 11) is 0. The zero-order valence-corrected chi connectivity index (χ0v) is 17.7. The molecule has 3 heterocycles. The molecule has 1 aliphatic heterocycles. The Morgan fingerprint density at radius 3 is 2.77 bits per heavy atom. The van der Waals surface area contributed by atoms with Gasteiger partial charge in [-0.25, -0.2) is 4.98 Å². The van der Waals surface area contributed by atoms with E-state index in [-0.39, 0.29) is 12.5 Å². The van der Waals surface area contributed by atoms with Gasteiger partial charge in [-0.1, -0.05) is 35.9 Å². The molecule has 30 heavy (non-hydrogen) atoms. The van der Waals surface area contributed by atoms with Crippen LogP contribution in [0.4, 0.5) is 0 Å². The average Bonchev–Trinajstić information content (AvgIpc) is 3.41. The smallest absolute Gasteiger partial charge is 0.246 e. The van der Waals surface area contributed by atoms with Gasteiger partial charge in [0.05, 0.1) is 15.2 Å². The van der Waals surface area contributed by atoms with E-state index in [9.17, 15) is 4.79 Å². The number of carbonyl (C=O) groups is 1. The summed E-state index contributed by atoms with van der Waals surface area (Å²) >= 11 is 7.78. The van der Waals surface area contributed by atoms with Crippen molar-refractivity contribution < 1.29 is 4.79 Å². The van der Waals surface area contributed by atoms with Crippen molar-refractivity contribution in [2.75, 3.05) is 13.1 Å². The fraction of sp³-hybridized carbons (Fsp3) is 0.286. The molecule has 152 valence electrons. The molecule has 0 radical (unpaired) electrons. The Morgan fingerprint density at radius 1 is 1.13 bits per heavy atom. The van der Waals surface area contributed by atoms with E-state index in [1.165, 1.54) is 14.5 Å². The lowest BCUT2D eigenvalue weighted by molar-refractivity contribution is -0.133. The number of aromatic nitrogens is 5. The van der Waals surface area contributed by atoms with Gasteiger partial charge in [0, 0.05) is 29.6 Å². The van der Waals surface area contributed by atoms with Crippen LogP contribution in [0.5, 0.6) is 0 Å². The van der Waals surface area contributed by atoms with Gasteiger partial charge in [0.1, 0.15) is 6.54 Å². The first-order valence-corrected chi connectivity index (χ1v) is 11.0. The SMILES string of the molecule is O=C(Cn1nnc(-c2cccc(Cl)c2)n1)N1CCC(c2nc3ccccc3s2)CC1. The number of tetrazole rings is 1. The molecule has 2 aromatic carbocycles. The number of nitrogens with zero attached hydrogens (tertiary/aromatic N) is 6. The molecule has 5 rings (SSSR count). The quantitative estimate of drug-likeness (QED) is 0.481. The van der Waals surface area contributed by atoms with Crippen molar-refractivity contribution >= 4 is 39.1 Å². The van der Waals surface area contributed by atoms with Gasteiger partial charge in [-0.15, -0.1) is 21.5 Å². The number of amides is 1.